The van der Waals surface area contributed by atoms with Gasteiger partial charge in [0.2, 0.25) is 0 Å². The number of ether oxygens (including phenoxy) is 1. The molecule has 0 aliphatic carbocycles. The Morgan fingerprint density at radius 2 is 2.00 bits per heavy atom. The summed E-state index contributed by atoms with van der Waals surface area (Å²) in [6.07, 6.45) is -0.544. The maximum absolute atomic E-state index is 12.7. The van der Waals surface area contributed by atoms with E-state index in [4.69, 9.17) is 9.57 Å². The van der Waals surface area contributed by atoms with E-state index in [0.29, 0.717) is 18.2 Å². The minimum Gasteiger partial charge on any atom is -0.372 e. The van der Waals surface area contributed by atoms with E-state index < -0.39 is 6.23 Å². The molecule has 3 rings (SSSR count). The third-order valence-corrected chi connectivity index (χ3v) is 4.50. The Hall–Kier alpha value is -2.53. The van der Waals surface area contributed by atoms with Gasteiger partial charge in [0.15, 0.2) is 12.0 Å². The van der Waals surface area contributed by atoms with Crippen LogP contribution >= 0.6 is 0 Å². The number of nitrogens with zero attached hydrogens (tertiary/aromatic N) is 1. The van der Waals surface area contributed by atoms with Crippen molar-refractivity contribution in [1.82, 2.24) is 10.4 Å². The lowest BCUT2D eigenvalue weighted by Gasteiger charge is -2.22. The fourth-order valence-electron chi connectivity index (χ4n) is 3.17. The Morgan fingerprint density at radius 3 is 2.72 bits per heavy atom. The van der Waals surface area contributed by atoms with Gasteiger partial charge in [0.05, 0.1) is 0 Å². The van der Waals surface area contributed by atoms with Gasteiger partial charge in [-0.15, -0.1) is 5.06 Å². The van der Waals surface area contributed by atoms with E-state index >= 15 is 0 Å². The number of amides is 2. The average Bonchev–Trinajstić information content (AvgIpc) is 2.98. The van der Waals surface area contributed by atoms with Gasteiger partial charge >= 0.3 is 6.03 Å². The summed E-state index contributed by atoms with van der Waals surface area (Å²) in [4.78, 5) is 18.3. The van der Waals surface area contributed by atoms with Crippen LogP contribution in [0.2, 0.25) is 0 Å². The van der Waals surface area contributed by atoms with Crippen LogP contribution in [0.4, 0.5) is 4.79 Å². The molecule has 0 fully saturated rings. The number of carbonyl (C=O) groups is 1. The van der Waals surface area contributed by atoms with E-state index in [0.717, 1.165) is 11.1 Å². The van der Waals surface area contributed by atoms with Crippen LogP contribution in [0.25, 0.3) is 0 Å². The lowest BCUT2D eigenvalue weighted by atomic mass is 9.94. The molecule has 2 aromatic carbocycles. The van der Waals surface area contributed by atoms with E-state index in [1.807, 2.05) is 24.3 Å². The van der Waals surface area contributed by atoms with Crippen LogP contribution in [-0.4, -0.2) is 18.2 Å². The Morgan fingerprint density at radius 1 is 1.24 bits per heavy atom. The van der Waals surface area contributed by atoms with E-state index in [1.54, 1.807) is 7.11 Å². The highest BCUT2D eigenvalue weighted by Crippen LogP contribution is 2.37. The molecule has 0 spiro atoms. The Labute approximate surface area is 148 Å². The number of rotatable bonds is 4. The number of benzene rings is 2. The second kappa shape index (κ2) is 7.15. The summed E-state index contributed by atoms with van der Waals surface area (Å²) in [6.45, 7) is 6.82. The SMILES string of the molecule is COC1c2ccccc2ON1C(=O)NCc1c(C)cccc1C(C)C. The zero-order chi connectivity index (χ0) is 18.0. The van der Waals surface area contributed by atoms with Crippen molar-refractivity contribution < 1.29 is 14.4 Å². The maximum atomic E-state index is 12.7. The quantitative estimate of drug-likeness (QED) is 0.903. The molecular formula is C20H24N2O3. The van der Waals surface area contributed by atoms with Crippen molar-refractivity contribution >= 4 is 6.03 Å². The molecule has 5 heteroatoms. The summed E-state index contributed by atoms with van der Waals surface area (Å²) in [6, 6.07) is 13.4. The molecule has 5 nitrogen and oxygen atoms in total. The van der Waals surface area contributed by atoms with Crippen molar-refractivity contribution in [2.24, 2.45) is 0 Å². The predicted molar refractivity (Wildman–Crippen MR) is 96.2 cm³/mol. The monoisotopic (exact) mass is 340 g/mol. The van der Waals surface area contributed by atoms with Gasteiger partial charge in [-0.3, -0.25) is 0 Å². The zero-order valence-corrected chi connectivity index (χ0v) is 15.1. The lowest BCUT2D eigenvalue weighted by molar-refractivity contribution is -0.122. The molecule has 0 radical (unpaired) electrons. The first-order valence-electron chi connectivity index (χ1n) is 8.48. The molecule has 0 saturated carbocycles. The van der Waals surface area contributed by atoms with Crippen molar-refractivity contribution in [2.75, 3.05) is 7.11 Å². The van der Waals surface area contributed by atoms with Gasteiger partial charge in [-0.2, -0.15) is 0 Å². The third kappa shape index (κ3) is 3.33. The number of methoxy groups -OCH3 is 1. The number of hydrogen-bond acceptors (Lipinski definition) is 3. The standard InChI is InChI=1S/C20H24N2O3/c1-13(2)15-10-7-8-14(3)17(15)12-21-20(23)22-19(24-4)16-9-5-6-11-18(16)25-22/h5-11,13,19H,12H2,1-4H3,(H,21,23). The molecule has 2 aromatic rings. The van der Waals surface area contributed by atoms with Gasteiger partial charge in [-0.25, -0.2) is 4.79 Å². The number of carbonyl (C=O) groups excluding carboxylic acids is 1. The average molecular weight is 340 g/mol. The van der Waals surface area contributed by atoms with Crippen LogP contribution in [0.3, 0.4) is 0 Å². The predicted octanol–water partition coefficient (Wildman–Crippen LogP) is 4.28. The van der Waals surface area contributed by atoms with Crippen LogP contribution in [0.15, 0.2) is 42.5 Å². The smallest absolute Gasteiger partial charge is 0.353 e. The van der Waals surface area contributed by atoms with Crippen LogP contribution < -0.4 is 10.2 Å². The van der Waals surface area contributed by atoms with Crippen molar-refractivity contribution in [1.29, 1.82) is 0 Å². The Kier molecular flexibility index (Phi) is 4.95. The minimum absolute atomic E-state index is 0.319. The largest absolute Gasteiger partial charge is 0.372 e. The molecule has 1 heterocycles. The van der Waals surface area contributed by atoms with Crippen LogP contribution in [0.1, 0.15) is 48.2 Å². The molecule has 0 aromatic heterocycles. The molecule has 1 unspecified atom stereocenters. The van der Waals surface area contributed by atoms with Crippen molar-refractivity contribution in [3.05, 3.63) is 64.7 Å². The summed E-state index contributed by atoms with van der Waals surface area (Å²) in [7, 11) is 1.56. The summed E-state index contributed by atoms with van der Waals surface area (Å²) < 4.78 is 5.45. The number of hydrogen-bond donors (Lipinski definition) is 1. The van der Waals surface area contributed by atoms with E-state index in [1.165, 1.54) is 16.2 Å². The van der Waals surface area contributed by atoms with Crippen LogP contribution in [-0.2, 0) is 11.3 Å². The molecule has 0 saturated heterocycles. The topological polar surface area (TPSA) is 50.8 Å². The highest BCUT2D eigenvalue weighted by atomic mass is 16.7. The van der Waals surface area contributed by atoms with Gasteiger partial charge in [0.1, 0.15) is 0 Å². The van der Waals surface area contributed by atoms with Gasteiger partial charge in [-0.1, -0.05) is 50.2 Å². The van der Waals surface area contributed by atoms with Crippen LogP contribution in [0.5, 0.6) is 5.75 Å². The van der Waals surface area contributed by atoms with Crippen molar-refractivity contribution in [3.63, 3.8) is 0 Å². The molecule has 2 amide bonds. The summed E-state index contributed by atoms with van der Waals surface area (Å²) in [5.74, 6) is 1.04. The molecule has 1 atom stereocenters. The van der Waals surface area contributed by atoms with Gasteiger partial charge in [0.25, 0.3) is 0 Å². The number of nitrogens with one attached hydrogen (secondary N) is 1. The van der Waals surface area contributed by atoms with E-state index in [2.05, 4.69) is 44.3 Å². The first-order chi connectivity index (χ1) is 12.0. The normalized spacial score (nSPS) is 15.9. The molecular weight excluding hydrogens is 316 g/mol. The molecule has 132 valence electrons. The first kappa shape index (κ1) is 17.3. The van der Waals surface area contributed by atoms with E-state index in [-0.39, 0.29) is 6.03 Å². The second-order valence-electron chi connectivity index (χ2n) is 6.50. The minimum atomic E-state index is -0.544. The first-order valence-corrected chi connectivity index (χ1v) is 8.48. The van der Waals surface area contributed by atoms with Crippen LogP contribution in [0, 0.1) is 6.92 Å². The fourth-order valence-corrected chi connectivity index (χ4v) is 3.17. The number of aryl methyl sites for hydroxylation is 1. The lowest BCUT2D eigenvalue weighted by Crippen LogP contribution is -2.41. The van der Waals surface area contributed by atoms with Crippen molar-refractivity contribution in [3.8, 4) is 5.75 Å². The Bertz CT molecular complexity index is 773. The maximum Gasteiger partial charge on any atom is 0.353 e. The number of hydroxylamine groups is 2. The molecule has 25 heavy (non-hydrogen) atoms. The molecule has 1 N–H and O–H groups in total. The molecule has 1 aliphatic heterocycles. The summed E-state index contributed by atoms with van der Waals surface area (Å²) >= 11 is 0. The number of urea groups is 1. The Balaban J connectivity index is 1.74. The van der Waals surface area contributed by atoms with E-state index in [9.17, 15) is 4.79 Å². The molecule has 1 aliphatic rings. The van der Waals surface area contributed by atoms with Gasteiger partial charge < -0.3 is 14.9 Å². The second-order valence-corrected chi connectivity index (χ2v) is 6.50. The van der Waals surface area contributed by atoms with Crippen molar-refractivity contribution in [2.45, 2.75) is 39.5 Å². The third-order valence-electron chi connectivity index (χ3n) is 4.50. The highest BCUT2D eigenvalue weighted by molar-refractivity contribution is 5.74. The summed E-state index contributed by atoms with van der Waals surface area (Å²) in [5, 5.41) is 4.21. The zero-order valence-electron chi connectivity index (χ0n) is 15.1. The van der Waals surface area contributed by atoms with Gasteiger partial charge in [0, 0.05) is 19.2 Å². The van der Waals surface area contributed by atoms with Gasteiger partial charge in [-0.05, 0) is 35.6 Å². The number of para-hydroxylation sites is 1. The highest BCUT2D eigenvalue weighted by Gasteiger charge is 2.36. The molecule has 0 bridgehead atoms. The fraction of sp³-hybridized carbons (Fsp3) is 0.350. The number of fused-ring (bicyclic) bond motifs is 1. The summed E-state index contributed by atoms with van der Waals surface area (Å²) in [5.41, 5.74) is 4.41.